The molecular weight excluding hydrogens is 278 g/mol. The largest absolute Gasteiger partial charge is 0.467 e. The summed E-state index contributed by atoms with van der Waals surface area (Å²) in [6, 6.07) is 1.80. The maximum absolute atomic E-state index is 11.5. The highest BCUT2D eigenvalue weighted by Gasteiger charge is 2.28. The molecule has 1 atom stereocenters. The lowest BCUT2D eigenvalue weighted by Gasteiger charge is -2.30. The summed E-state index contributed by atoms with van der Waals surface area (Å²) in [6.07, 6.45) is -0.583. The molecule has 7 heteroatoms. The van der Waals surface area contributed by atoms with E-state index in [1.165, 1.54) is 14.2 Å². The number of methoxy groups -OCH3 is 2. The molecular formula is C14H19NO6. The lowest BCUT2D eigenvalue weighted by atomic mass is 10.2. The summed E-state index contributed by atoms with van der Waals surface area (Å²) in [5.74, 6) is -0.0116. The molecule has 21 heavy (non-hydrogen) atoms. The van der Waals surface area contributed by atoms with Crippen molar-refractivity contribution in [3.63, 3.8) is 0 Å². The van der Waals surface area contributed by atoms with Crippen LogP contribution in [-0.4, -0.2) is 56.9 Å². The number of nitrogens with zero attached hydrogens (tertiary/aromatic N) is 1. The molecule has 0 spiro atoms. The maximum atomic E-state index is 11.5. The van der Waals surface area contributed by atoms with E-state index in [9.17, 15) is 9.59 Å². The minimum absolute atomic E-state index is 0.213. The molecule has 1 aliphatic rings. The van der Waals surface area contributed by atoms with Gasteiger partial charge in [-0.3, -0.25) is 4.90 Å². The van der Waals surface area contributed by atoms with Crippen LogP contribution >= 0.6 is 0 Å². The van der Waals surface area contributed by atoms with E-state index in [4.69, 9.17) is 9.15 Å². The lowest BCUT2D eigenvalue weighted by Crippen LogP contribution is -2.45. The molecule has 1 aromatic heterocycles. The number of rotatable bonds is 4. The van der Waals surface area contributed by atoms with Crippen molar-refractivity contribution in [1.29, 1.82) is 0 Å². The highest BCUT2D eigenvalue weighted by Crippen LogP contribution is 2.18. The zero-order valence-corrected chi connectivity index (χ0v) is 12.4. The smallest absolute Gasteiger partial charge is 0.374 e. The minimum Gasteiger partial charge on any atom is -0.467 e. The first-order valence-electron chi connectivity index (χ1n) is 6.64. The number of furan rings is 1. The van der Waals surface area contributed by atoms with Crippen molar-refractivity contribution in [2.24, 2.45) is 0 Å². The predicted molar refractivity (Wildman–Crippen MR) is 71.8 cm³/mol. The molecule has 1 saturated heterocycles. The van der Waals surface area contributed by atoms with Gasteiger partial charge >= 0.3 is 11.9 Å². The second kappa shape index (κ2) is 6.73. The number of carbonyl (C=O) groups excluding carboxylic acids is 2. The van der Waals surface area contributed by atoms with Crippen LogP contribution in [0, 0.1) is 6.92 Å². The summed E-state index contributed by atoms with van der Waals surface area (Å²) in [5.41, 5.74) is 0.731. The van der Waals surface area contributed by atoms with Gasteiger partial charge in [-0.25, -0.2) is 9.59 Å². The third kappa shape index (κ3) is 3.62. The second-order valence-corrected chi connectivity index (χ2v) is 4.83. The van der Waals surface area contributed by atoms with E-state index in [-0.39, 0.29) is 11.7 Å². The van der Waals surface area contributed by atoms with Gasteiger partial charge in [-0.1, -0.05) is 0 Å². The van der Waals surface area contributed by atoms with Gasteiger partial charge in [-0.15, -0.1) is 0 Å². The van der Waals surface area contributed by atoms with E-state index >= 15 is 0 Å². The summed E-state index contributed by atoms with van der Waals surface area (Å²) >= 11 is 0. The van der Waals surface area contributed by atoms with Crippen molar-refractivity contribution in [1.82, 2.24) is 4.90 Å². The molecule has 0 aromatic carbocycles. The third-order valence-electron chi connectivity index (χ3n) is 3.33. The van der Waals surface area contributed by atoms with Crippen LogP contribution in [0.1, 0.15) is 21.9 Å². The van der Waals surface area contributed by atoms with Crippen molar-refractivity contribution >= 4 is 11.9 Å². The number of morpholine rings is 1. The Kier molecular flexibility index (Phi) is 4.98. The molecule has 1 fully saturated rings. The van der Waals surface area contributed by atoms with Crippen molar-refractivity contribution in [3.8, 4) is 0 Å². The number of esters is 2. The monoisotopic (exact) mass is 297 g/mol. The highest BCUT2D eigenvalue weighted by atomic mass is 16.6. The average molecular weight is 297 g/mol. The van der Waals surface area contributed by atoms with Crippen molar-refractivity contribution in [2.45, 2.75) is 19.6 Å². The molecule has 2 heterocycles. The summed E-state index contributed by atoms with van der Waals surface area (Å²) in [5, 5.41) is 0. The van der Waals surface area contributed by atoms with Crippen molar-refractivity contribution < 1.29 is 28.2 Å². The number of hydrogen-bond acceptors (Lipinski definition) is 7. The highest BCUT2D eigenvalue weighted by molar-refractivity contribution is 5.87. The van der Waals surface area contributed by atoms with Gasteiger partial charge in [0, 0.05) is 18.7 Å². The Balaban J connectivity index is 2.01. The Bertz CT molecular complexity index is 524. The number of aryl methyl sites for hydroxylation is 1. The topological polar surface area (TPSA) is 78.2 Å². The fraction of sp³-hybridized carbons (Fsp3) is 0.571. The van der Waals surface area contributed by atoms with Crippen LogP contribution in [0.2, 0.25) is 0 Å². The van der Waals surface area contributed by atoms with Crippen LogP contribution in [0.3, 0.4) is 0 Å². The SMILES string of the molecule is COC(=O)c1oc(CN2CCOC(C(=O)OC)C2)cc1C. The molecule has 0 aliphatic carbocycles. The Labute approximate surface area is 122 Å². The Morgan fingerprint density at radius 1 is 1.38 bits per heavy atom. The standard InChI is InChI=1S/C14H19NO6/c1-9-6-10(21-12(9)14(17)19-3)7-15-4-5-20-11(8-15)13(16)18-2/h6,11H,4-5,7-8H2,1-3H3. The van der Waals surface area contributed by atoms with Gasteiger partial charge in [0.15, 0.2) is 6.10 Å². The van der Waals surface area contributed by atoms with Crippen molar-refractivity contribution in [3.05, 3.63) is 23.2 Å². The van der Waals surface area contributed by atoms with E-state index in [1.54, 1.807) is 13.0 Å². The average Bonchev–Trinajstić information content (AvgIpc) is 2.86. The maximum Gasteiger partial charge on any atom is 0.374 e. The number of carbonyl (C=O) groups is 2. The molecule has 0 bridgehead atoms. The van der Waals surface area contributed by atoms with Crippen LogP contribution < -0.4 is 0 Å². The van der Waals surface area contributed by atoms with E-state index in [2.05, 4.69) is 9.47 Å². The van der Waals surface area contributed by atoms with Gasteiger partial charge in [-0.05, 0) is 13.0 Å². The van der Waals surface area contributed by atoms with Crippen LogP contribution in [0.25, 0.3) is 0 Å². The van der Waals surface area contributed by atoms with Gasteiger partial charge in [0.05, 0.1) is 27.4 Å². The molecule has 0 radical (unpaired) electrons. The van der Waals surface area contributed by atoms with Gasteiger partial charge in [0.25, 0.3) is 0 Å². The lowest BCUT2D eigenvalue weighted by molar-refractivity contribution is -0.160. The van der Waals surface area contributed by atoms with Gasteiger partial charge < -0.3 is 18.6 Å². The summed E-state index contributed by atoms with van der Waals surface area (Å²) in [6.45, 7) is 3.84. The first kappa shape index (κ1) is 15.5. The normalized spacial score (nSPS) is 19.3. The fourth-order valence-electron chi connectivity index (χ4n) is 2.26. The second-order valence-electron chi connectivity index (χ2n) is 4.83. The molecule has 0 N–H and O–H groups in total. The molecule has 0 amide bonds. The minimum atomic E-state index is -0.583. The van der Waals surface area contributed by atoms with Gasteiger partial charge in [0.1, 0.15) is 5.76 Å². The molecule has 0 saturated carbocycles. The zero-order chi connectivity index (χ0) is 15.4. The number of hydrogen-bond donors (Lipinski definition) is 0. The Morgan fingerprint density at radius 3 is 2.81 bits per heavy atom. The molecule has 1 aliphatic heterocycles. The molecule has 7 nitrogen and oxygen atoms in total. The van der Waals surface area contributed by atoms with Crippen LogP contribution in [0.15, 0.2) is 10.5 Å². The van der Waals surface area contributed by atoms with Gasteiger partial charge in [0.2, 0.25) is 5.76 Å². The van der Waals surface area contributed by atoms with Gasteiger partial charge in [-0.2, -0.15) is 0 Å². The molecule has 1 aromatic rings. The first-order chi connectivity index (χ1) is 10.0. The Hall–Kier alpha value is -1.86. The molecule has 1 unspecified atom stereocenters. The third-order valence-corrected chi connectivity index (χ3v) is 3.33. The summed E-state index contributed by atoms with van der Waals surface area (Å²) in [7, 11) is 2.65. The quantitative estimate of drug-likeness (QED) is 0.759. The summed E-state index contributed by atoms with van der Waals surface area (Å²) in [4.78, 5) is 25.0. The van der Waals surface area contributed by atoms with E-state index in [0.29, 0.717) is 32.0 Å². The van der Waals surface area contributed by atoms with E-state index < -0.39 is 12.1 Å². The van der Waals surface area contributed by atoms with E-state index in [0.717, 1.165) is 5.56 Å². The first-order valence-corrected chi connectivity index (χ1v) is 6.64. The molecule has 2 rings (SSSR count). The van der Waals surface area contributed by atoms with E-state index in [1.807, 2.05) is 4.90 Å². The predicted octanol–water partition coefficient (Wildman–Crippen LogP) is 0.748. The zero-order valence-electron chi connectivity index (χ0n) is 12.4. The fourth-order valence-corrected chi connectivity index (χ4v) is 2.26. The van der Waals surface area contributed by atoms with Crippen molar-refractivity contribution in [2.75, 3.05) is 33.9 Å². The summed E-state index contributed by atoms with van der Waals surface area (Å²) < 4.78 is 20.2. The number of ether oxygens (including phenoxy) is 3. The van der Waals surface area contributed by atoms with Crippen LogP contribution in [-0.2, 0) is 25.5 Å². The Morgan fingerprint density at radius 2 is 2.14 bits per heavy atom. The molecule has 116 valence electrons. The van der Waals surface area contributed by atoms with Crippen LogP contribution in [0.5, 0.6) is 0 Å². The van der Waals surface area contributed by atoms with Crippen LogP contribution in [0.4, 0.5) is 0 Å².